The molecule has 2 aromatic heterocycles. The molecule has 0 spiro atoms. The lowest BCUT2D eigenvalue weighted by molar-refractivity contribution is 0.523. The van der Waals surface area contributed by atoms with Crippen molar-refractivity contribution in [3.05, 3.63) is 53.5 Å². The van der Waals surface area contributed by atoms with E-state index in [9.17, 15) is 0 Å². The molecule has 3 heterocycles. The van der Waals surface area contributed by atoms with E-state index < -0.39 is 0 Å². The first kappa shape index (κ1) is 12.4. The molecule has 3 nitrogen and oxygen atoms in total. The lowest BCUT2D eigenvalue weighted by Gasteiger charge is -2.18. The number of fused-ring (bicyclic) bond motifs is 6. The third-order valence-corrected chi connectivity index (χ3v) is 5.24. The number of rotatable bonds is 1. The first-order valence-electron chi connectivity index (χ1n) is 8.09. The summed E-state index contributed by atoms with van der Waals surface area (Å²) in [4.78, 5) is 8.19. The molecule has 1 aliphatic carbocycles. The van der Waals surface area contributed by atoms with Gasteiger partial charge in [-0.3, -0.25) is 4.98 Å². The highest BCUT2D eigenvalue weighted by Crippen LogP contribution is 2.43. The molecule has 3 heteroatoms. The van der Waals surface area contributed by atoms with Gasteiger partial charge in [0.05, 0.1) is 5.52 Å². The lowest BCUT2D eigenvalue weighted by atomic mass is 9.87. The maximum absolute atomic E-state index is 4.46. The minimum Gasteiger partial charge on any atom is -0.358 e. The number of hydrogen-bond donors (Lipinski definition) is 2. The van der Waals surface area contributed by atoms with Crippen LogP contribution >= 0.6 is 0 Å². The molecule has 2 N–H and O–H groups in total. The average molecular weight is 289 g/mol. The quantitative estimate of drug-likeness (QED) is 0.716. The fourth-order valence-corrected chi connectivity index (χ4v) is 4.19. The van der Waals surface area contributed by atoms with E-state index in [0.717, 1.165) is 18.2 Å². The van der Waals surface area contributed by atoms with Gasteiger partial charge in [0, 0.05) is 40.1 Å². The Bertz CT molecular complexity index is 860. The fourth-order valence-electron chi connectivity index (χ4n) is 4.19. The van der Waals surface area contributed by atoms with Gasteiger partial charge < -0.3 is 10.3 Å². The number of aromatic nitrogens is 2. The highest BCUT2D eigenvalue weighted by molar-refractivity contribution is 5.97. The number of pyridine rings is 1. The van der Waals surface area contributed by atoms with Gasteiger partial charge in [-0.05, 0) is 43.9 Å². The second kappa shape index (κ2) is 4.43. The van der Waals surface area contributed by atoms with E-state index >= 15 is 0 Å². The van der Waals surface area contributed by atoms with Crippen LogP contribution in [-0.4, -0.2) is 16.5 Å². The highest BCUT2D eigenvalue weighted by atomic mass is 15.0. The Balaban J connectivity index is 1.75. The molecule has 0 radical (unpaired) electrons. The molecule has 1 fully saturated rings. The van der Waals surface area contributed by atoms with Gasteiger partial charge in [0.15, 0.2) is 0 Å². The number of nitrogens with zero attached hydrogens (tertiary/aromatic N) is 1. The van der Waals surface area contributed by atoms with Crippen LogP contribution in [0.3, 0.4) is 0 Å². The van der Waals surface area contributed by atoms with Gasteiger partial charge in [-0.1, -0.05) is 24.3 Å². The zero-order valence-electron chi connectivity index (χ0n) is 12.7. The van der Waals surface area contributed by atoms with Crippen LogP contribution in [-0.2, 0) is 6.42 Å². The Kier molecular flexibility index (Phi) is 2.50. The van der Waals surface area contributed by atoms with E-state index in [2.05, 4.69) is 45.6 Å². The third kappa shape index (κ3) is 1.69. The van der Waals surface area contributed by atoms with Gasteiger partial charge in [-0.25, -0.2) is 0 Å². The van der Waals surface area contributed by atoms with Gasteiger partial charge in [0.1, 0.15) is 0 Å². The number of benzene rings is 1. The Morgan fingerprint density at radius 2 is 2.14 bits per heavy atom. The van der Waals surface area contributed by atoms with Crippen LogP contribution in [0.2, 0.25) is 0 Å². The van der Waals surface area contributed by atoms with Crippen LogP contribution in [0.15, 0.2) is 36.5 Å². The molecule has 1 aliphatic heterocycles. The zero-order chi connectivity index (χ0) is 14.7. The molecule has 0 saturated carbocycles. The Hall–Kier alpha value is -2.13. The maximum Gasteiger partial charge on any atom is 0.0539 e. The van der Waals surface area contributed by atoms with Crippen molar-refractivity contribution in [1.82, 2.24) is 15.3 Å². The Morgan fingerprint density at radius 1 is 1.18 bits per heavy atom. The minimum absolute atomic E-state index is 0.536. The van der Waals surface area contributed by atoms with Crippen LogP contribution < -0.4 is 5.32 Å². The van der Waals surface area contributed by atoms with Gasteiger partial charge >= 0.3 is 0 Å². The van der Waals surface area contributed by atoms with Crippen LogP contribution in [0.25, 0.3) is 22.0 Å². The summed E-state index contributed by atoms with van der Waals surface area (Å²) in [7, 11) is 0. The van der Waals surface area contributed by atoms with Crippen molar-refractivity contribution in [3.63, 3.8) is 0 Å². The van der Waals surface area contributed by atoms with Gasteiger partial charge in [0.25, 0.3) is 0 Å². The molecule has 2 atom stereocenters. The van der Waals surface area contributed by atoms with Gasteiger partial charge in [-0.2, -0.15) is 0 Å². The Labute approximate surface area is 129 Å². The van der Waals surface area contributed by atoms with Crippen LogP contribution in [0.4, 0.5) is 0 Å². The first-order chi connectivity index (χ1) is 10.8. The van der Waals surface area contributed by atoms with Crippen LogP contribution in [0.5, 0.6) is 0 Å². The number of H-pyrrole nitrogens is 1. The third-order valence-electron chi connectivity index (χ3n) is 5.24. The topological polar surface area (TPSA) is 40.7 Å². The molecule has 5 rings (SSSR count). The smallest absolute Gasteiger partial charge is 0.0539 e. The van der Waals surface area contributed by atoms with Crippen molar-refractivity contribution in [3.8, 4) is 11.1 Å². The monoisotopic (exact) mass is 289 g/mol. The number of aromatic amines is 1. The summed E-state index contributed by atoms with van der Waals surface area (Å²) in [5.74, 6) is 0.801. The number of aryl methyl sites for hydroxylation is 1. The molecule has 22 heavy (non-hydrogen) atoms. The van der Waals surface area contributed by atoms with E-state index in [1.54, 1.807) is 0 Å². The van der Waals surface area contributed by atoms with Crippen molar-refractivity contribution >= 4 is 10.9 Å². The van der Waals surface area contributed by atoms with E-state index in [1.807, 2.05) is 13.1 Å². The van der Waals surface area contributed by atoms with Crippen LogP contribution in [0, 0.1) is 12.8 Å². The summed E-state index contributed by atoms with van der Waals surface area (Å²) in [5, 5.41) is 5.07. The SMILES string of the molecule is Cc1ccc(-c2cccc3c4c([nH]c23)CC2CNC4C2)cn1. The summed E-state index contributed by atoms with van der Waals surface area (Å²) >= 11 is 0. The summed E-state index contributed by atoms with van der Waals surface area (Å²) in [5.41, 5.74) is 7.72. The molecular weight excluding hydrogens is 270 g/mol. The number of hydrogen-bond acceptors (Lipinski definition) is 2. The fraction of sp³-hybridized carbons (Fsp3) is 0.316. The molecule has 2 unspecified atom stereocenters. The second-order valence-corrected chi connectivity index (χ2v) is 6.70. The highest BCUT2D eigenvalue weighted by Gasteiger charge is 2.35. The molecular formula is C19H19N3. The summed E-state index contributed by atoms with van der Waals surface area (Å²) < 4.78 is 0. The Morgan fingerprint density at radius 3 is 3.00 bits per heavy atom. The van der Waals surface area contributed by atoms with Gasteiger partial charge in [-0.15, -0.1) is 0 Å². The summed E-state index contributed by atoms with van der Waals surface area (Å²) in [6.07, 6.45) is 4.45. The molecule has 3 aromatic rings. The maximum atomic E-state index is 4.46. The van der Waals surface area contributed by atoms with Crippen molar-refractivity contribution in [2.24, 2.45) is 5.92 Å². The minimum atomic E-state index is 0.536. The van der Waals surface area contributed by atoms with Crippen molar-refractivity contribution in [2.45, 2.75) is 25.8 Å². The first-order valence-corrected chi connectivity index (χ1v) is 8.09. The van der Waals surface area contributed by atoms with E-state index in [4.69, 9.17) is 0 Å². The standard InChI is InChI=1S/C19H19N3/c1-11-5-6-13(10-20-11)14-3-2-4-15-18-16-7-12(9-21-16)8-17(18)22-19(14)15/h2-6,10,12,16,21-22H,7-9H2,1H3. The summed E-state index contributed by atoms with van der Waals surface area (Å²) in [6.45, 7) is 3.19. The zero-order valence-corrected chi connectivity index (χ0v) is 12.7. The summed E-state index contributed by atoms with van der Waals surface area (Å²) in [6, 6.07) is 11.4. The normalized spacial score (nSPS) is 23.0. The molecule has 1 aromatic carbocycles. The van der Waals surface area contributed by atoms with E-state index in [0.29, 0.717) is 6.04 Å². The average Bonchev–Trinajstić information content (AvgIpc) is 3.09. The molecule has 2 bridgehead atoms. The van der Waals surface area contributed by atoms with E-state index in [-0.39, 0.29) is 0 Å². The molecule has 2 aliphatic rings. The number of nitrogens with one attached hydrogen (secondary N) is 2. The molecule has 110 valence electrons. The van der Waals surface area contributed by atoms with Crippen molar-refractivity contribution in [1.29, 1.82) is 0 Å². The predicted molar refractivity (Wildman–Crippen MR) is 88.8 cm³/mol. The predicted octanol–water partition coefficient (Wildman–Crippen LogP) is 3.75. The van der Waals surface area contributed by atoms with Crippen molar-refractivity contribution < 1.29 is 0 Å². The van der Waals surface area contributed by atoms with E-state index in [1.165, 1.54) is 46.1 Å². The largest absolute Gasteiger partial charge is 0.358 e. The van der Waals surface area contributed by atoms with Crippen molar-refractivity contribution in [2.75, 3.05) is 6.54 Å². The second-order valence-electron chi connectivity index (χ2n) is 6.70. The molecule has 1 saturated heterocycles. The van der Waals surface area contributed by atoms with Gasteiger partial charge in [0.2, 0.25) is 0 Å². The molecule has 0 amide bonds. The lowest BCUT2D eigenvalue weighted by Crippen LogP contribution is -2.13. The number of para-hydroxylation sites is 1. The van der Waals surface area contributed by atoms with Crippen LogP contribution in [0.1, 0.15) is 29.4 Å².